The zero-order chi connectivity index (χ0) is 11.8. The maximum absolute atomic E-state index is 12.6. The molecule has 0 unspecified atom stereocenters. The molecule has 0 aromatic heterocycles. The van der Waals surface area contributed by atoms with Crippen molar-refractivity contribution in [3.8, 4) is 0 Å². The molecule has 1 rings (SSSR count). The number of methoxy groups -OCH3 is 1. The Morgan fingerprint density at radius 1 is 1.31 bits per heavy atom. The van der Waals surface area contributed by atoms with Gasteiger partial charge >= 0.3 is 5.97 Å². The van der Waals surface area contributed by atoms with Crippen molar-refractivity contribution in [1.29, 1.82) is 0 Å². The minimum atomic E-state index is -0.213. The second kappa shape index (κ2) is 7.28. The normalized spacial score (nSPS) is 10.1. The van der Waals surface area contributed by atoms with E-state index in [0.29, 0.717) is 6.42 Å². The molecule has 1 aromatic carbocycles. The number of carbonyl (C=O) groups is 1. The minimum absolute atomic E-state index is 0.160. The Hall–Kier alpha value is -1.03. The van der Waals surface area contributed by atoms with Gasteiger partial charge in [-0.1, -0.05) is 0 Å². The number of esters is 1. The molecule has 16 heavy (non-hydrogen) atoms. The van der Waals surface area contributed by atoms with Gasteiger partial charge in [0.25, 0.3) is 0 Å². The van der Waals surface area contributed by atoms with Crippen LogP contribution in [0.5, 0.6) is 0 Å². The highest BCUT2D eigenvalue weighted by atomic mass is 32.2. The van der Waals surface area contributed by atoms with E-state index in [4.69, 9.17) is 0 Å². The molecule has 2 nitrogen and oxygen atoms in total. The summed E-state index contributed by atoms with van der Waals surface area (Å²) in [6, 6.07) is 6.44. The van der Waals surface area contributed by atoms with E-state index in [2.05, 4.69) is 4.74 Å². The lowest BCUT2D eigenvalue weighted by Crippen LogP contribution is -1.99. The summed E-state index contributed by atoms with van der Waals surface area (Å²) in [6.07, 6.45) is 2.26. The molecule has 0 spiro atoms. The van der Waals surface area contributed by atoms with Crippen LogP contribution < -0.4 is 0 Å². The third kappa shape index (κ3) is 5.16. The van der Waals surface area contributed by atoms with E-state index in [9.17, 15) is 9.18 Å². The number of ether oxygens (including phenoxy) is 1. The lowest BCUT2D eigenvalue weighted by molar-refractivity contribution is -0.140. The summed E-state index contributed by atoms with van der Waals surface area (Å²) < 4.78 is 17.1. The van der Waals surface area contributed by atoms with Crippen molar-refractivity contribution >= 4 is 17.7 Å². The number of carbonyl (C=O) groups excluding carboxylic acids is 1. The highest BCUT2D eigenvalue weighted by Gasteiger charge is 2.00. The molecule has 1 aromatic rings. The van der Waals surface area contributed by atoms with Crippen molar-refractivity contribution < 1.29 is 13.9 Å². The molecule has 0 heterocycles. The average molecular weight is 242 g/mol. The van der Waals surface area contributed by atoms with Crippen molar-refractivity contribution in [1.82, 2.24) is 0 Å². The number of thioether (sulfide) groups is 1. The Labute approximate surface area is 99.2 Å². The van der Waals surface area contributed by atoms with Crippen LogP contribution in [0.15, 0.2) is 29.2 Å². The van der Waals surface area contributed by atoms with Crippen LogP contribution in [0.1, 0.15) is 19.3 Å². The van der Waals surface area contributed by atoms with Crippen molar-refractivity contribution in [2.24, 2.45) is 0 Å². The number of hydrogen-bond donors (Lipinski definition) is 0. The molecular weight excluding hydrogens is 227 g/mol. The van der Waals surface area contributed by atoms with Crippen LogP contribution in [0, 0.1) is 5.82 Å². The topological polar surface area (TPSA) is 26.3 Å². The highest BCUT2D eigenvalue weighted by Crippen LogP contribution is 2.19. The smallest absolute Gasteiger partial charge is 0.305 e. The van der Waals surface area contributed by atoms with Crippen LogP contribution in [0.25, 0.3) is 0 Å². The zero-order valence-electron chi connectivity index (χ0n) is 9.24. The SMILES string of the molecule is COC(=O)CCCCSc1ccc(F)cc1. The Kier molecular flexibility index (Phi) is 5.93. The van der Waals surface area contributed by atoms with Gasteiger partial charge in [-0.25, -0.2) is 4.39 Å². The molecule has 0 saturated carbocycles. The fourth-order valence-corrected chi connectivity index (χ4v) is 2.11. The number of benzene rings is 1. The standard InChI is InChI=1S/C12H15FO2S/c1-15-12(14)4-2-3-9-16-11-7-5-10(13)6-8-11/h5-8H,2-4,9H2,1H3. The third-order valence-electron chi connectivity index (χ3n) is 2.09. The summed E-state index contributed by atoms with van der Waals surface area (Å²) in [5.41, 5.74) is 0. The van der Waals surface area contributed by atoms with Gasteiger partial charge in [0.05, 0.1) is 7.11 Å². The third-order valence-corrected chi connectivity index (χ3v) is 3.18. The Bertz CT molecular complexity index is 324. The van der Waals surface area contributed by atoms with Crippen molar-refractivity contribution in [2.75, 3.05) is 12.9 Å². The molecule has 0 atom stereocenters. The van der Waals surface area contributed by atoms with Gasteiger partial charge < -0.3 is 4.74 Å². The van der Waals surface area contributed by atoms with E-state index in [1.807, 2.05) is 0 Å². The van der Waals surface area contributed by atoms with Crippen LogP contribution in [0.4, 0.5) is 4.39 Å². The van der Waals surface area contributed by atoms with Gasteiger partial charge in [-0.05, 0) is 42.9 Å². The summed E-state index contributed by atoms with van der Waals surface area (Å²) in [4.78, 5) is 11.9. The summed E-state index contributed by atoms with van der Waals surface area (Å²) >= 11 is 1.67. The molecule has 0 aliphatic heterocycles. The second-order valence-electron chi connectivity index (χ2n) is 3.34. The molecule has 0 N–H and O–H groups in total. The van der Waals surface area contributed by atoms with E-state index in [1.54, 1.807) is 23.9 Å². The lowest BCUT2D eigenvalue weighted by Gasteiger charge is -2.01. The van der Waals surface area contributed by atoms with Gasteiger partial charge in [-0.2, -0.15) is 0 Å². The first-order valence-electron chi connectivity index (χ1n) is 5.17. The van der Waals surface area contributed by atoms with Gasteiger partial charge in [-0.15, -0.1) is 11.8 Å². The Balaban J connectivity index is 2.11. The van der Waals surface area contributed by atoms with E-state index in [1.165, 1.54) is 19.2 Å². The quantitative estimate of drug-likeness (QED) is 0.435. The molecular formula is C12H15FO2S. The summed E-state index contributed by atoms with van der Waals surface area (Å²) in [5, 5.41) is 0. The van der Waals surface area contributed by atoms with Gasteiger partial charge in [0.2, 0.25) is 0 Å². The zero-order valence-corrected chi connectivity index (χ0v) is 10.1. The average Bonchev–Trinajstić information content (AvgIpc) is 2.31. The highest BCUT2D eigenvalue weighted by molar-refractivity contribution is 7.99. The molecule has 0 aliphatic carbocycles. The van der Waals surface area contributed by atoms with Gasteiger partial charge in [0, 0.05) is 11.3 Å². The van der Waals surface area contributed by atoms with Gasteiger partial charge in [-0.3, -0.25) is 4.79 Å². The van der Waals surface area contributed by atoms with Crippen LogP contribution in [-0.4, -0.2) is 18.8 Å². The molecule has 0 aliphatic rings. The summed E-state index contributed by atoms with van der Waals surface area (Å²) in [5.74, 6) is 0.560. The number of halogens is 1. The predicted octanol–water partition coefficient (Wildman–Crippen LogP) is 3.26. The first kappa shape index (κ1) is 13.0. The molecule has 0 radical (unpaired) electrons. The van der Waals surface area contributed by atoms with E-state index in [0.717, 1.165) is 23.5 Å². The first-order chi connectivity index (χ1) is 7.72. The Morgan fingerprint density at radius 3 is 2.62 bits per heavy atom. The van der Waals surface area contributed by atoms with Gasteiger partial charge in [0.1, 0.15) is 5.82 Å². The number of unbranched alkanes of at least 4 members (excludes halogenated alkanes) is 1. The van der Waals surface area contributed by atoms with E-state index in [-0.39, 0.29) is 11.8 Å². The number of rotatable bonds is 6. The minimum Gasteiger partial charge on any atom is -0.469 e. The van der Waals surface area contributed by atoms with Crippen LogP contribution in [0.2, 0.25) is 0 Å². The van der Waals surface area contributed by atoms with E-state index < -0.39 is 0 Å². The number of hydrogen-bond acceptors (Lipinski definition) is 3. The summed E-state index contributed by atoms with van der Waals surface area (Å²) in [7, 11) is 1.40. The van der Waals surface area contributed by atoms with Crippen LogP contribution >= 0.6 is 11.8 Å². The fraction of sp³-hybridized carbons (Fsp3) is 0.417. The van der Waals surface area contributed by atoms with Gasteiger partial charge in [0.15, 0.2) is 0 Å². The molecule has 0 fully saturated rings. The van der Waals surface area contributed by atoms with Crippen molar-refractivity contribution in [3.63, 3.8) is 0 Å². The molecule has 0 bridgehead atoms. The molecule has 88 valence electrons. The molecule has 0 saturated heterocycles. The monoisotopic (exact) mass is 242 g/mol. The first-order valence-corrected chi connectivity index (χ1v) is 6.16. The second-order valence-corrected chi connectivity index (χ2v) is 4.50. The van der Waals surface area contributed by atoms with Crippen molar-refractivity contribution in [3.05, 3.63) is 30.1 Å². The lowest BCUT2D eigenvalue weighted by atomic mass is 10.2. The Morgan fingerprint density at radius 2 is 2.00 bits per heavy atom. The van der Waals surface area contributed by atoms with E-state index >= 15 is 0 Å². The maximum Gasteiger partial charge on any atom is 0.305 e. The largest absolute Gasteiger partial charge is 0.469 e. The van der Waals surface area contributed by atoms with Crippen molar-refractivity contribution in [2.45, 2.75) is 24.2 Å². The van der Waals surface area contributed by atoms with Crippen LogP contribution in [-0.2, 0) is 9.53 Å². The molecule has 4 heteroatoms. The summed E-state index contributed by atoms with van der Waals surface area (Å²) in [6.45, 7) is 0. The fourth-order valence-electron chi connectivity index (χ4n) is 1.19. The maximum atomic E-state index is 12.6. The van der Waals surface area contributed by atoms with Crippen LogP contribution in [0.3, 0.4) is 0 Å². The predicted molar refractivity (Wildman–Crippen MR) is 63.0 cm³/mol. The molecule has 0 amide bonds.